The lowest BCUT2D eigenvalue weighted by molar-refractivity contribution is -0.126. The molecule has 31 heavy (non-hydrogen) atoms. The van der Waals surface area contributed by atoms with Gasteiger partial charge in [-0.05, 0) is 62.1 Å². The number of aromatic nitrogens is 2. The quantitative estimate of drug-likeness (QED) is 0.654. The SMILES string of the molecule is O=C(NC1CC1)C1CCN(C(=O)c2cc(-c3ccco3)n(-c3ccc(Cl)cc3)n2)CC1. The van der Waals surface area contributed by atoms with Crippen LogP contribution in [0.5, 0.6) is 0 Å². The fraction of sp³-hybridized carbons (Fsp3) is 0.348. The summed E-state index contributed by atoms with van der Waals surface area (Å²) in [6.07, 6.45) is 5.10. The summed E-state index contributed by atoms with van der Waals surface area (Å²) in [6.45, 7) is 1.09. The van der Waals surface area contributed by atoms with E-state index in [4.69, 9.17) is 16.0 Å². The molecule has 2 fully saturated rings. The molecule has 1 saturated carbocycles. The summed E-state index contributed by atoms with van der Waals surface area (Å²) in [7, 11) is 0. The number of carbonyl (C=O) groups is 2. The summed E-state index contributed by atoms with van der Waals surface area (Å²) in [6, 6.07) is 13.0. The van der Waals surface area contributed by atoms with Crippen LogP contribution in [-0.4, -0.2) is 45.6 Å². The van der Waals surface area contributed by atoms with Crippen molar-refractivity contribution in [3.63, 3.8) is 0 Å². The Balaban J connectivity index is 1.35. The van der Waals surface area contributed by atoms with E-state index in [0.29, 0.717) is 54.1 Å². The maximum atomic E-state index is 13.2. The van der Waals surface area contributed by atoms with Crippen LogP contribution in [0.4, 0.5) is 0 Å². The first-order chi connectivity index (χ1) is 15.1. The predicted molar refractivity (Wildman–Crippen MR) is 116 cm³/mol. The third-order valence-electron chi connectivity index (χ3n) is 5.85. The van der Waals surface area contributed by atoms with Crippen molar-refractivity contribution in [1.82, 2.24) is 20.0 Å². The average molecular weight is 439 g/mol. The van der Waals surface area contributed by atoms with E-state index in [-0.39, 0.29) is 17.7 Å². The summed E-state index contributed by atoms with van der Waals surface area (Å²) in [5, 5.41) is 8.28. The normalized spacial score (nSPS) is 17.0. The number of amides is 2. The standard InChI is InChI=1S/C23H23ClN4O3/c24-16-3-7-18(8-4-16)28-20(21-2-1-13-31-21)14-19(26-28)23(30)27-11-9-15(10-12-27)22(29)25-17-5-6-17/h1-4,7-8,13-15,17H,5-6,9-12H2,(H,25,29). The van der Waals surface area contributed by atoms with Crippen LogP contribution >= 0.6 is 11.6 Å². The second-order valence-corrected chi connectivity index (χ2v) is 8.57. The van der Waals surface area contributed by atoms with E-state index in [1.807, 2.05) is 18.2 Å². The number of piperidine rings is 1. The van der Waals surface area contributed by atoms with Crippen LogP contribution in [0.1, 0.15) is 36.2 Å². The molecule has 1 aromatic carbocycles. The Bertz CT molecular complexity index is 1080. The number of carbonyl (C=O) groups excluding carboxylic acids is 2. The molecule has 1 saturated heterocycles. The molecule has 0 bridgehead atoms. The molecule has 2 aromatic heterocycles. The molecule has 0 radical (unpaired) electrons. The molecule has 0 atom stereocenters. The summed E-state index contributed by atoms with van der Waals surface area (Å²) in [5.74, 6) is 0.593. The number of hydrogen-bond donors (Lipinski definition) is 1. The Kier molecular flexibility index (Phi) is 5.28. The number of benzene rings is 1. The Hall–Kier alpha value is -3.06. The minimum atomic E-state index is -0.137. The molecule has 2 amide bonds. The highest BCUT2D eigenvalue weighted by Gasteiger charge is 2.32. The summed E-state index contributed by atoms with van der Waals surface area (Å²) in [4.78, 5) is 27.3. The summed E-state index contributed by atoms with van der Waals surface area (Å²) in [5.41, 5.74) is 1.82. The number of nitrogens with zero attached hydrogens (tertiary/aromatic N) is 3. The van der Waals surface area contributed by atoms with Gasteiger partial charge in [0.05, 0.1) is 12.0 Å². The van der Waals surface area contributed by atoms with E-state index >= 15 is 0 Å². The van der Waals surface area contributed by atoms with E-state index in [1.54, 1.807) is 40.1 Å². The summed E-state index contributed by atoms with van der Waals surface area (Å²) >= 11 is 6.02. The lowest BCUT2D eigenvalue weighted by Crippen LogP contribution is -2.43. The molecule has 0 spiro atoms. The van der Waals surface area contributed by atoms with Gasteiger partial charge in [0, 0.05) is 36.1 Å². The van der Waals surface area contributed by atoms with Gasteiger partial charge in [-0.2, -0.15) is 5.10 Å². The molecule has 3 aromatic rings. The van der Waals surface area contributed by atoms with Gasteiger partial charge in [-0.25, -0.2) is 4.68 Å². The van der Waals surface area contributed by atoms with Crippen LogP contribution in [-0.2, 0) is 4.79 Å². The molecule has 7 nitrogen and oxygen atoms in total. The van der Waals surface area contributed by atoms with Crippen LogP contribution in [0, 0.1) is 5.92 Å². The van der Waals surface area contributed by atoms with Gasteiger partial charge in [0.15, 0.2) is 11.5 Å². The van der Waals surface area contributed by atoms with Crippen LogP contribution < -0.4 is 5.32 Å². The van der Waals surface area contributed by atoms with Crippen molar-refractivity contribution in [2.24, 2.45) is 5.92 Å². The first-order valence-corrected chi connectivity index (χ1v) is 11.0. The van der Waals surface area contributed by atoms with Gasteiger partial charge >= 0.3 is 0 Å². The van der Waals surface area contributed by atoms with Gasteiger partial charge < -0.3 is 14.6 Å². The van der Waals surface area contributed by atoms with Gasteiger partial charge in [0.25, 0.3) is 5.91 Å². The zero-order valence-corrected chi connectivity index (χ0v) is 17.7. The number of rotatable bonds is 5. The first kappa shape index (κ1) is 19.9. The highest BCUT2D eigenvalue weighted by Crippen LogP contribution is 2.27. The average Bonchev–Trinajstić information content (AvgIpc) is 3.26. The number of hydrogen-bond acceptors (Lipinski definition) is 4. The first-order valence-electron chi connectivity index (χ1n) is 10.6. The lowest BCUT2D eigenvalue weighted by Gasteiger charge is -2.30. The van der Waals surface area contributed by atoms with Crippen molar-refractivity contribution in [3.05, 3.63) is 59.4 Å². The van der Waals surface area contributed by atoms with Gasteiger partial charge in [0.2, 0.25) is 5.91 Å². The molecule has 8 heteroatoms. The van der Waals surface area contributed by atoms with Crippen molar-refractivity contribution in [3.8, 4) is 17.1 Å². The minimum Gasteiger partial charge on any atom is -0.463 e. The maximum Gasteiger partial charge on any atom is 0.274 e. The zero-order valence-electron chi connectivity index (χ0n) is 17.0. The highest BCUT2D eigenvalue weighted by molar-refractivity contribution is 6.30. The third kappa shape index (κ3) is 4.23. The van der Waals surface area contributed by atoms with Crippen molar-refractivity contribution in [1.29, 1.82) is 0 Å². The third-order valence-corrected chi connectivity index (χ3v) is 6.10. The zero-order chi connectivity index (χ0) is 21.4. The molecular weight excluding hydrogens is 416 g/mol. The molecule has 3 heterocycles. The van der Waals surface area contributed by atoms with Gasteiger partial charge in [-0.1, -0.05) is 11.6 Å². The second kappa shape index (κ2) is 8.23. The molecule has 0 unspecified atom stereocenters. The number of halogens is 1. The Labute approximate surface area is 185 Å². The summed E-state index contributed by atoms with van der Waals surface area (Å²) < 4.78 is 7.26. The second-order valence-electron chi connectivity index (χ2n) is 8.13. The largest absolute Gasteiger partial charge is 0.463 e. The minimum absolute atomic E-state index is 0.0186. The molecule has 1 N–H and O–H groups in total. The van der Waals surface area contributed by atoms with Gasteiger partial charge in [-0.15, -0.1) is 0 Å². The lowest BCUT2D eigenvalue weighted by atomic mass is 9.95. The van der Waals surface area contributed by atoms with Crippen LogP contribution in [0.15, 0.2) is 53.1 Å². The van der Waals surface area contributed by atoms with Crippen molar-refractivity contribution < 1.29 is 14.0 Å². The van der Waals surface area contributed by atoms with Gasteiger partial charge in [0.1, 0.15) is 5.69 Å². The molecule has 1 aliphatic carbocycles. The van der Waals surface area contributed by atoms with Crippen LogP contribution in [0.3, 0.4) is 0 Å². The van der Waals surface area contributed by atoms with Crippen LogP contribution in [0.2, 0.25) is 5.02 Å². The highest BCUT2D eigenvalue weighted by atomic mass is 35.5. The van der Waals surface area contributed by atoms with Crippen molar-refractivity contribution in [2.45, 2.75) is 31.7 Å². The maximum absolute atomic E-state index is 13.2. The fourth-order valence-electron chi connectivity index (χ4n) is 3.92. The fourth-order valence-corrected chi connectivity index (χ4v) is 4.04. The monoisotopic (exact) mass is 438 g/mol. The van der Waals surface area contributed by atoms with Crippen molar-refractivity contribution in [2.75, 3.05) is 13.1 Å². The Morgan fingerprint density at radius 1 is 1.06 bits per heavy atom. The molecule has 5 rings (SSSR count). The van der Waals surface area contributed by atoms with E-state index in [1.165, 1.54) is 0 Å². The number of nitrogens with one attached hydrogen (secondary N) is 1. The molecule has 160 valence electrons. The Morgan fingerprint density at radius 2 is 1.81 bits per heavy atom. The van der Waals surface area contributed by atoms with E-state index in [0.717, 1.165) is 18.5 Å². The topological polar surface area (TPSA) is 80.4 Å². The number of furan rings is 1. The Morgan fingerprint density at radius 3 is 2.45 bits per heavy atom. The predicted octanol–water partition coefficient (Wildman–Crippen LogP) is 3.92. The van der Waals surface area contributed by atoms with Crippen molar-refractivity contribution >= 4 is 23.4 Å². The molecular formula is C23H23ClN4O3. The van der Waals surface area contributed by atoms with Crippen LogP contribution in [0.25, 0.3) is 17.1 Å². The number of likely N-dealkylation sites (tertiary alicyclic amines) is 1. The van der Waals surface area contributed by atoms with E-state index in [2.05, 4.69) is 10.4 Å². The molecule has 2 aliphatic rings. The van der Waals surface area contributed by atoms with Gasteiger partial charge in [-0.3, -0.25) is 9.59 Å². The smallest absolute Gasteiger partial charge is 0.274 e. The van der Waals surface area contributed by atoms with E-state index in [9.17, 15) is 9.59 Å². The van der Waals surface area contributed by atoms with E-state index < -0.39 is 0 Å². The molecule has 1 aliphatic heterocycles.